The zero-order chi connectivity index (χ0) is 17.0. The summed E-state index contributed by atoms with van der Waals surface area (Å²) in [5, 5.41) is 1.15. The first kappa shape index (κ1) is 18.6. The molecule has 0 nitrogen and oxygen atoms in total. The van der Waals surface area contributed by atoms with Crippen molar-refractivity contribution in [2.45, 2.75) is 59.3 Å². The molecule has 23 heavy (non-hydrogen) atoms. The molecule has 0 aromatic heterocycles. The molecule has 0 spiro atoms. The molecule has 1 aromatic rings. The third-order valence-corrected chi connectivity index (χ3v) is 4.78. The zero-order valence-corrected chi connectivity index (χ0v) is 15.7. The number of allylic oxidation sites excluding steroid dienone is 1. The summed E-state index contributed by atoms with van der Waals surface area (Å²) in [7, 11) is 0. The van der Waals surface area contributed by atoms with Crippen molar-refractivity contribution >= 4 is 28.8 Å². The molecule has 0 unspecified atom stereocenters. The average molecular weight is 355 g/mol. The summed E-state index contributed by atoms with van der Waals surface area (Å²) < 4.78 is 14.5. The van der Waals surface area contributed by atoms with Crippen LogP contribution in [0.15, 0.2) is 29.8 Å². The Bertz CT molecular complexity index is 593. The van der Waals surface area contributed by atoms with E-state index in [4.69, 9.17) is 23.2 Å². The maximum atomic E-state index is 14.5. The van der Waals surface area contributed by atoms with E-state index in [0.717, 1.165) is 17.6 Å². The zero-order valence-electron chi connectivity index (χ0n) is 14.2. The highest BCUT2D eigenvalue weighted by atomic mass is 35.5. The Morgan fingerprint density at radius 3 is 2.17 bits per heavy atom. The quantitative estimate of drug-likeness (QED) is 0.484. The van der Waals surface area contributed by atoms with Crippen molar-refractivity contribution < 1.29 is 4.39 Å². The Morgan fingerprint density at radius 2 is 1.65 bits per heavy atom. The van der Waals surface area contributed by atoms with Gasteiger partial charge in [-0.2, -0.15) is 0 Å². The number of halogens is 3. The van der Waals surface area contributed by atoms with Crippen molar-refractivity contribution in [3.63, 3.8) is 0 Å². The molecule has 1 aromatic carbocycles. The smallest absolute Gasteiger partial charge is 0.147 e. The Balaban J connectivity index is 2.44. The van der Waals surface area contributed by atoms with Gasteiger partial charge in [0.25, 0.3) is 0 Å². The topological polar surface area (TPSA) is 0 Å². The van der Waals surface area contributed by atoms with Gasteiger partial charge in [0.2, 0.25) is 0 Å². The molecule has 2 rings (SSSR count). The lowest BCUT2D eigenvalue weighted by Crippen LogP contribution is -2.08. The molecule has 0 N–H and O–H groups in total. The Hall–Kier alpha value is -0.750. The van der Waals surface area contributed by atoms with Crippen molar-refractivity contribution in [2.24, 2.45) is 11.3 Å². The van der Waals surface area contributed by atoms with Gasteiger partial charge in [0.1, 0.15) is 5.83 Å². The molecule has 0 saturated heterocycles. The third-order valence-electron chi connectivity index (χ3n) is 4.35. The van der Waals surface area contributed by atoms with Crippen LogP contribution >= 0.6 is 23.2 Å². The van der Waals surface area contributed by atoms with Crippen LogP contribution in [0.25, 0.3) is 5.57 Å². The highest BCUT2D eigenvalue weighted by Crippen LogP contribution is 2.35. The van der Waals surface area contributed by atoms with E-state index in [2.05, 4.69) is 5.73 Å². The summed E-state index contributed by atoms with van der Waals surface area (Å²) in [6.45, 7) is 5.58. The minimum absolute atomic E-state index is 0.223. The van der Waals surface area contributed by atoms with Crippen LogP contribution < -0.4 is 0 Å². The lowest BCUT2D eigenvalue weighted by atomic mass is 9.83. The molecule has 1 fully saturated rings. The molecule has 3 heteroatoms. The Kier molecular flexibility index (Phi) is 6.37. The van der Waals surface area contributed by atoms with Gasteiger partial charge in [-0.15, -0.1) is 0 Å². The van der Waals surface area contributed by atoms with Gasteiger partial charge < -0.3 is 0 Å². The van der Waals surface area contributed by atoms with Crippen LogP contribution in [0.1, 0.15) is 64.9 Å². The van der Waals surface area contributed by atoms with Crippen molar-refractivity contribution in [2.75, 3.05) is 0 Å². The molecule has 0 aliphatic heterocycles. The van der Waals surface area contributed by atoms with Crippen LogP contribution in [-0.4, -0.2) is 0 Å². The third kappa shape index (κ3) is 5.68. The summed E-state index contributed by atoms with van der Waals surface area (Å²) in [6.07, 6.45) is 7.08. The average Bonchev–Trinajstić information content (AvgIpc) is 2.45. The van der Waals surface area contributed by atoms with Crippen LogP contribution in [0.4, 0.5) is 4.39 Å². The first-order valence-corrected chi connectivity index (χ1v) is 9.13. The minimum Gasteiger partial charge on any atom is -0.202 e. The van der Waals surface area contributed by atoms with Gasteiger partial charge in [-0.1, -0.05) is 81.8 Å². The predicted octanol–water partition coefficient (Wildman–Crippen LogP) is 7.85. The van der Waals surface area contributed by atoms with Crippen molar-refractivity contribution in [3.05, 3.63) is 45.4 Å². The maximum Gasteiger partial charge on any atom is 0.147 e. The molecule has 0 bridgehead atoms. The SMILES string of the molecule is CC(C)(C)C(F)=C=C(CC1CCCCC1)c1cc(Cl)cc(Cl)c1. The molecular formula is C20H25Cl2F. The first-order chi connectivity index (χ1) is 10.8. The van der Waals surface area contributed by atoms with Gasteiger partial charge in [0, 0.05) is 21.0 Å². The van der Waals surface area contributed by atoms with Gasteiger partial charge in [-0.05, 0) is 36.1 Å². The predicted molar refractivity (Wildman–Crippen MR) is 98.7 cm³/mol. The summed E-state index contributed by atoms with van der Waals surface area (Å²) >= 11 is 12.3. The highest BCUT2D eigenvalue weighted by Gasteiger charge is 2.20. The van der Waals surface area contributed by atoms with E-state index < -0.39 is 5.41 Å². The van der Waals surface area contributed by atoms with Crippen molar-refractivity contribution in [1.29, 1.82) is 0 Å². The molecule has 1 saturated carbocycles. The van der Waals surface area contributed by atoms with Crippen LogP contribution in [-0.2, 0) is 0 Å². The molecule has 0 atom stereocenters. The Labute approximate surface area is 149 Å². The van der Waals surface area contributed by atoms with E-state index in [1.54, 1.807) is 6.07 Å². The fourth-order valence-electron chi connectivity index (χ4n) is 2.97. The largest absolute Gasteiger partial charge is 0.202 e. The molecule has 0 amide bonds. The van der Waals surface area contributed by atoms with Crippen LogP contribution in [0, 0.1) is 11.3 Å². The summed E-state index contributed by atoms with van der Waals surface area (Å²) in [5.41, 5.74) is 4.25. The van der Waals surface area contributed by atoms with E-state index in [1.807, 2.05) is 32.9 Å². The molecule has 0 heterocycles. The van der Waals surface area contributed by atoms with E-state index in [0.29, 0.717) is 16.0 Å². The fraction of sp³-hybridized carbons (Fsp3) is 0.550. The first-order valence-electron chi connectivity index (χ1n) is 8.38. The number of rotatable bonds is 3. The molecule has 126 valence electrons. The molecular weight excluding hydrogens is 330 g/mol. The lowest BCUT2D eigenvalue weighted by Gasteiger charge is -2.22. The van der Waals surface area contributed by atoms with Crippen molar-refractivity contribution in [1.82, 2.24) is 0 Å². The van der Waals surface area contributed by atoms with Crippen LogP contribution in [0.3, 0.4) is 0 Å². The number of hydrogen-bond donors (Lipinski definition) is 0. The second-order valence-electron chi connectivity index (χ2n) is 7.53. The molecule has 1 aliphatic carbocycles. The lowest BCUT2D eigenvalue weighted by molar-refractivity contribution is 0.364. The monoisotopic (exact) mass is 354 g/mol. The summed E-state index contributed by atoms with van der Waals surface area (Å²) in [6, 6.07) is 5.41. The normalized spacial score (nSPS) is 16.1. The van der Waals surface area contributed by atoms with Crippen LogP contribution in [0.5, 0.6) is 0 Å². The number of benzene rings is 1. The second-order valence-corrected chi connectivity index (χ2v) is 8.41. The summed E-state index contributed by atoms with van der Waals surface area (Å²) in [5.74, 6) is 0.371. The van der Waals surface area contributed by atoms with E-state index in [1.165, 1.54) is 32.1 Å². The van der Waals surface area contributed by atoms with E-state index in [9.17, 15) is 4.39 Å². The van der Waals surface area contributed by atoms with E-state index in [-0.39, 0.29) is 5.83 Å². The molecule has 1 aliphatic rings. The number of hydrogen-bond acceptors (Lipinski definition) is 0. The van der Waals surface area contributed by atoms with Gasteiger partial charge in [0.15, 0.2) is 0 Å². The summed E-state index contributed by atoms with van der Waals surface area (Å²) in [4.78, 5) is 0. The second kappa shape index (κ2) is 7.88. The standard InChI is InChI=1S/C20H25Cl2F/c1-20(2,3)19(23)12-15(9-14-7-5-4-6-8-14)16-10-17(21)13-18(22)11-16/h10-11,13-14H,4-9H2,1-3H3. The Morgan fingerprint density at radius 1 is 1.09 bits per heavy atom. The molecule has 0 radical (unpaired) electrons. The highest BCUT2D eigenvalue weighted by molar-refractivity contribution is 6.34. The van der Waals surface area contributed by atoms with Crippen LogP contribution in [0.2, 0.25) is 10.0 Å². The van der Waals surface area contributed by atoms with Gasteiger partial charge >= 0.3 is 0 Å². The van der Waals surface area contributed by atoms with Gasteiger partial charge in [0.05, 0.1) is 0 Å². The van der Waals surface area contributed by atoms with Gasteiger partial charge in [-0.25, -0.2) is 4.39 Å². The van der Waals surface area contributed by atoms with E-state index >= 15 is 0 Å². The minimum atomic E-state index is -0.541. The van der Waals surface area contributed by atoms with Gasteiger partial charge in [-0.3, -0.25) is 0 Å². The fourth-order valence-corrected chi connectivity index (χ4v) is 3.50. The van der Waals surface area contributed by atoms with Crippen molar-refractivity contribution in [3.8, 4) is 0 Å². The maximum absolute atomic E-state index is 14.5.